The van der Waals surface area contributed by atoms with E-state index in [1.165, 1.54) is 10.4 Å². The third-order valence-electron chi connectivity index (χ3n) is 6.12. The Kier molecular flexibility index (Phi) is 3.91. The Morgan fingerprint density at radius 3 is 2.67 bits per heavy atom. The van der Waals surface area contributed by atoms with Gasteiger partial charge in [-0.1, -0.05) is 17.7 Å². The third kappa shape index (κ3) is 2.72. The van der Waals surface area contributed by atoms with Gasteiger partial charge in [-0.3, -0.25) is 4.99 Å². The molecule has 1 aromatic heterocycles. The van der Waals surface area contributed by atoms with Crippen molar-refractivity contribution in [3.63, 3.8) is 0 Å². The molecular formula is C20H24N4O2S. The lowest BCUT2D eigenvalue weighted by atomic mass is 9.98. The average Bonchev–Trinajstić information content (AvgIpc) is 3.27. The Morgan fingerprint density at radius 2 is 1.85 bits per heavy atom. The SMILES string of the molecule is Cc1ccc(S(=O)(=O)n2ccc3c2N([C@@H]2CC[C@@H]4CC[C@H]2N4)CN=C3)cc1. The van der Waals surface area contributed by atoms with Crippen molar-refractivity contribution in [2.24, 2.45) is 4.99 Å². The van der Waals surface area contributed by atoms with E-state index in [0.717, 1.165) is 36.2 Å². The fourth-order valence-electron chi connectivity index (χ4n) is 4.71. The minimum absolute atomic E-state index is 0.279. The normalized spacial score (nSPS) is 27.0. The van der Waals surface area contributed by atoms with E-state index in [9.17, 15) is 8.42 Å². The molecule has 7 heteroatoms. The fraction of sp³-hybridized carbons (Fsp3) is 0.450. The molecule has 0 spiro atoms. The van der Waals surface area contributed by atoms with Gasteiger partial charge in [0.15, 0.2) is 0 Å². The summed E-state index contributed by atoms with van der Waals surface area (Å²) >= 11 is 0. The lowest BCUT2D eigenvalue weighted by Gasteiger charge is -2.41. The molecule has 0 aliphatic carbocycles. The van der Waals surface area contributed by atoms with E-state index >= 15 is 0 Å². The maximum absolute atomic E-state index is 13.3. The van der Waals surface area contributed by atoms with Gasteiger partial charge in [0.25, 0.3) is 10.0 Å². The number of nitrogens with one attached hydrogen (secondary N) is 1. The summed E-state index contributed by atoms with van der Waals surface area (Å²) in [6, 6.07) is 10.2. The molecule has 27 heavy (non-hydrogen) atoms. The largest absolute Gasteiger partial charge is 0.333 e. The van der Waals surface area contributed by atoms with Gasteiger partial charge < -0.3 is 10.2 Å². The van der Waals surface area contributed by atoms with Crippen LogP contribution >= 0.6 is 0 Å². The van der Waals surface area contributed by atoms with Crippen molar-refractivity contribution in [2.75, 3.05) is 11.6 Å². The zero-order chi connectivity index (χ0) is 18.6. The molecule has 6 nitrogen and oxygen atoms in total. The first-order chi connectivity index (χ1) is 13.0. The molecule has 0 saturated carbocycles. The molecule has 0 unspecified atom stereocenters. The summed E-state index contributed by atoms with van der Waals surface area (Å²) in [6.07, 6.45) is 8.04. The summed E-state index contributed by atoms with van der Waals surface area (Å²) in [7, 11) is -3.65. The van der Waals surface area contributed by atoms with Crippen molar-refractivity contribution in [1.82, 2.24) is 9.29 Å². The third-order valence-corrected chi connectivity index (χ3v) is 7.80. The molecule has 2 bridgehead atoms. The summed E-state index contributed by atoms with van der Waals surface area (Å²) in [5, 5.41) is 3.70. The number of aromatic nitrogens is 1. The quantitative estimate of drug-likeness (QED) is 0.883. The molecule has 4 heterocycles. The highest BCUT2D eigenvalue weighted by Crippen LogP contribution is 2.36. The van der Waals surface area contributed by atoms with Gasteiger partial charge in [-0.2, -0.15) is 0 Å². The number of hydrogen-bond acceptors (Lipinski definition) is 5. The molecule has 3 aliphatic heterocycles. The van der Waals surface area contributed by atoms with Crippen LogP contribution < -0.4 is 10.2 Å². The molecule has 1 aromatic carbocycles. The van der Waals surface area contributed by atoms with Gasteiger partial charge >= 0.3 is 0 Å². The number of nitrogens with zero attached hydrogens (tertiary/aromatic N) is 3. The Morgan fingerprint density at radius 1 is 1.07 bits per heavy atom. The smallest absolute Gasteiger partial charge is 0.269 e. The molecule has 2 saturated heterocycles. The highest BCUT2D eigenvalue weighted by Gasteiger charge is 2.40. The predicted molar refractivity (Wildman–Crippen MR) is 106 cm³/mol. The minimum atomic E-state index is -3.65. The molecule has 0 amide bonds. The van der Waals surface area contributed by atoms with E-state index in [0.29, 0.717) is 23.6 Å². The summed E-state index contributed by atoms with van der Waals surface area (Å²) in [4.78, 5) is 7.01. The Balaban J connectivity index is 1.58. The van der Waals surface area contributed by atoms with Crippen molar-refractivity contribution < 1.29 is 8.42 Å². The van der Waals surface area contributed by atoms with Crippen molar-refractivity contribution in [3.8, 4) is 0 Å². The highest BCUT2D eigenvalue weighted by atomic mass is 32.2. The van der Waals surface area contributed by atoms with Crippen LogP contribution in [-0.4, -0.2) is 43.4 Å². The second-order valence-electron chi connectivity index (χ2n) is 7.82. The molecule has 2 aromatic rings. The molecule has 0 radical (unpaired) electrons. The van der Waals surface area contributed by atoms with Crippen LogP contribution in [0.15, 0.2) is 46.4 Å². The zero-order valence-electron chi connectivity index (χ0n) is 15.4. The van der Waals surface area contributed by atoms with Gasteiger partial charge in [-0.25, -0.2) is 12.4 Å². The minimum Gasteiger partial charge on any atom is -0.333 e. The second-order valence-corrected chi connectivity index (χ2v) is 9.64. The van der Waals surface area contributed by atoms with Crippen LogP contribution in [0.3, 0.4) is 0 Å². The zero-order valence-corrected chi connectivity index (χ0v) is 16.2. The molecule has 3 atom stereocenters. The van der Waals surface area contributed by atoms with E-state index in [4.69, 9.17) is 0 Å². The van der Waals surface area contributed by atoms with Crippen molar-refractivity contribution >= 4 is 22.1 Å². The van der Waals surface area contributed by atoms with Crippen LogP contribution in [0.4, 0.5) is 5.82 Å². The lowest BCUT2D eigenvalue weighted by molar-refractivity contribution is 0.341. The van der Waals surface area contributed by atoms with Crippen LogP contribution in [0.2, 0.25) is 0 Å². The number of rotatable bonds is 3. The number of aliphatic imine (C=N–C) groups is 1. The molecule has 2 fully saturated rings. The average molecular weight is 385 g/mol. The van der Waals surface area contributed by atoms with E-state index < -0.39 is 10.0 Å². The monoisotopic (exact) mass is 384 g/mol. The summed E-state index contributed by atoms with van der Waals surface area (Å²) in [5.74, 6) is 0.753. The molecule has 5 rings (SSSR count). The first kappa shape index (κ1) is 17.0. The Bertz CT molecular complexity index is 993. The number of anilines is 1. The van der Waals surface area contributed by atoms with Crippen LogP contribution in [0.1, 0.15) is 36.8 Å². The molecular weight excluding hydrogens is 360 g/mol. The van der Waals surface area contributed by atoms with E-state index in [-0.39, 0.29) is 6.04 Å². The molecule has 142 valence electrons. The fourth-order valence-corrected chi connectivity index (χ4v) is 6.08. The summed E-state index contributed by atoms with van der Waals surface area (Å²) < 4.78 is 28.1. The van der Waals surface area contributed by atoms with Gasteiger partial charge in [-0.15, -0.1) is 0 Å². The van der Waals surface area contributed by atoms with Crippen molar-refractivity contribution in [1.29, 1.82) is 0 Å². The number of fused-ring (bicyclic) bond motifs is 3. The maximum Gasteiger partial charge on any atom is 0.269 e. The van der Waals surface area contributed by atoms with Crippen LogP contribution in [0, 0.1) is 6.92 Å². The maximum atomic E-state index is 13.3. The van der Waals surface area contributed by atoms with Gasteiger partial charge in [0, 0.05) is 36.1 Å². The number of hydrogen-bond donors (Lipinski definition) is 1. The Labute approximate surface area is 160 Å². The van der Waals surface area contributed by atoms with Crippen molar-refractivity contribution in [3.05, 3.63) is 47.7 Å². The first-order valence-electron chi connectivity index (χ1n) is 9.60. The predicted octanol–water partition coefficient (Wildman–Crippen LogP) is 2.51. The first-order valence-corrected chi connectivity index (χ1v) is 11.0. The van der Waals surface area contributed by atoms with E-state index in [1.807, 2.05) is 25.1 Å². The van der Waals surface area contributed by atoms with Gasteiger partial charge in [0.2, 0.25) is 0 Å². The summed E-state index contributed by atoms with van der Waals surface area (Å²) in [5.41, 5.74) is 1.92. The van der Waals surface area contributed by atoms with Gasteiger partial charge in [-0.05, 0) is 50.8 Å². The topological polar surface area (TPSA) is 66.7 Å². The molecule has 3 aliphatic rings. The second kappa shape index (κ2) is 6.21. The Hall–Kier alpha value is -2.12. The lowest BCUT2D eigenvalue weighted by Crippen LogP contribution is -2.54. The van der Waals surface area contributed by atoms with Gasteiger partial charge in [0.05, 0.1) is 4.90 Å². The number of aryl methyl sites for hydroxylation is 1. The number of piperidine rings is 1. The van der Waals surface area contributed by atoms with Crippen molar-refractivity contribution in [2.45, 2.75) is 55.6 Å². The summed E-state index contributed by atoms with van der Waals surface area (Å²) in [6.45, 7) is 2.46. The highest BCUT2D eigenvalue weighted by molar-refractivity contribution is 7.90. The van der Waals surface area contributed by atoms with E-state index in [2.05, 4.69) is 15.2 Å². The molecule has 1 N–H and O–H groups in total. The van der Waals surface area contributed by atoms with E-state index in [1.54, 1.807) is 24.5 Å². The standard InChI is InChI=1S/C20H24N4O2S/c1-14-2-6-17(7-3-14)27(25,26)24-11-10-15-12-21-13-23(20(15)24)19-9-5-16-4-8-18(19)22-16/h2-3,6-7,10-12,16,18-19,22H,4-5,8-9,13H2,1H3/t16-,18+,19+/m0/s1. The number of benzene rings is 1. The van der Waals surface area contributed by atoms with Crippen LogP contribution in [0.5, 0.6) is 0 Å². The van der Waals surface area contributed by atoms with Crippen LogP contribution in [-0.2, 0) is 10.0 Å². The van der Waals surface area contributed by atoms with Crippen LogP contribution in [0.25, 0.3) is 0 Å². The van der Waals surface area contributed by atoms with Gasteiger partial charge in [0.1, 0.15) is 12.5 Å².